The second-order valence-electron chi connectivity index (χ2n) is 1.30. The second-order valence-corrected chi connectivity index (χ2v) is 2.54. The van der Waals surface area contributed by atoms with E-state index in [2.05, 4.69) is 34.7 Å². The van der Waals surface area contributed by atoms with E-state index in [1.807, 2.05) is 18.2 Å². The fourth-order valence-corrected chi connectivity index (χ4v) is 0.830. The standard InChI is InChI=1S/C6H5I.Hg/c7-6-4-2-1-3-5-6;/h1-5H;/q;+2. The molecule has 1 aromatic rings. The van der Waals surface area contributed by atoms with Gasteiger partial charge in [-0.1, -0.05) is 18.2 Å². The van der Waals surface area contributed by atoms with Gasteiger partial charge in [0, 0.05) is 3.57 Å². The summed E-state index contributed by atoms with van der Waals surface area (Å²) in [4.78, 5) is 0. The monoisotopic (exact) mass is 406 g/mol. The molecule has 0 heterocycles. The molecule has 1 aromatic carbocycles. The molecule has 0 aliphatic heterocycles. The molecule has 0 saturated heterocycles. The second kappa shape index (κ2) is 4.73. The average molecular weight is 405 g/mol. The Labute approximate surface area is 83.3 Å². The molecular weight excluding hydrogens is 400 g/mol. The van der Waals surface area contributed by atoms with Crippen molar-refractivity contribution >= 4 is 22.6 Å². The molecule has 0 radical (unpaired) electrons. The summed E-state index contributed by atoms with van der Waals surface area (Å²) in [6.45, 7) is 0. The minimum absolute atomic E-state index is 0. The number of hydrogen-bond donors (Lipinski definition) is 0. The minimum atomic E-state index is 0. The van der Waals surface area contributed by atoms with E-state index in [0.717, 1.165) is 0 Å². The zero-order valence-electron chi connectivity index (χ0n) is 4.47. The van der Waals surface area contributed by atoms with E-state index in [0.29, 0.717) is 0 Å². The molecule has 2 heteroatoms. The molecule has 0 saturated carbocycles. The molecule has 0 nitrogen and oxygen atoms in total. The van der Waals surface area contributed by atoms with Gasteiger partial charge in [-0.15, -0.1) is 0 Å². The van der Waals surface area contributed by atoms with Crippen LogP contribution in [0.3, 0.4) is 0 Å². The first-order valence-electron chi connectivity index (χ1n) is 2.10. The Hall–Kier alpha value is 0.885. The van der Waals surface area contributed by atoms with Crippen LogP contribution < -0.4 is 0 Å². The van der Waals surface area contributed by atoms with Crippen LogP contribution in [-0.4, -0.2) is 0 Å². The molecule has 0 atom stereocenters. The van der Waals surface area contributed by atoms with Gasteiger partial charge < -0.3 is 0 Å². The van der Waals surface area contributed by atoms with Crippen LogP contribution in [0, 0.1) is 3.57 Å². The summed E-state index contributed by atoms with van der Waals surface area (Å²) in [6, 6.07) is 10.2. The summed E-state index contributed by atoms with van der Waals surface area (Å²) in [5.74, 6) is 0. The number of benzene rings is 1. The van der Waals surface area contributed by atoms with E-state index >= 15 is 0 Å². The van der Waals surface area contributed by atoms with Crippen molar-refractivity contribution in [2.75, 3.05) is 0 Å². The molecule has 0 amide bonds. The summed E-state index contributed by atoms with van der Waals surface area (Å²) in [5.41, 5.74) is 0. The molecule has 0 bridgehead atoms. The molecule has 0 N–H and O–H groups in total. The fraction of sp³-hybridized carbons (Fsp3) is 0. The molecule has 0 aromatic heterocycles. The molecule has 0 unspecified atom stereocenters. The van der Waals surface area contributed by atoms with Crippen molar-refractivity contribution in [1.82, 2.24) is 0 Å². The maximum atomic E-state index is 2.28. The zero-order chi connectivity index (χ0) is 5.11. The van der Waals surface area contributed by atoms with E-state index in [-0.39, 0.29) is 27.7 Å². The van der Waals surface area contributed by atoms with Crippen LogP contribution in [0.4, 0.5) is 0 Å². The van der Waals surface area contributed by atoms with Crippen LogP contribution >= 0.6 is 22.6 Å². The quantitative estimate of drug-likeness (QED) is 0.460. The molecule has 0 aliphatic rings. The topological polar surface area (TPSA) is 0 Å². The minimum Gasteiger partial charge on any atom is -0.0622 e. The zero-order valence-corrected chi connectivity index (χ0v) is 12.1. The van der Waals surface area contributed by atoms with E-state index in [1.54, 1.807) is 0 Å². The summed E-state index contributed by atoms with van der Waals surface area (Å²) < 4.78 is 1.29. The van der Waals surface area contributed by atoms with Crippen LogP contribution in [0.5, 0.6) is 0 Å². The van der Waals surface area contributed by atoms with Gasteiger partial charge in [0.25, 0.3) is 0 Å². The Morgan fingerprint density at radius 3 is 1.75 bits per heavy atom. The van der Waals surface area contributed by atoms with Gasteiger partial charge in [-0.2, -0.15) is 0 Å². The molecule has 8 heavy (non-hydrogen) atoms. The van der Waals surface area contributed by atoms with Crippen LogP contribution in [0.1, 0.15) is 0 Å². The van der Waals surface area contributed by atoms with Crippen molar-refractivity contribution in [3.05, 3.63) is 33.9 Å². The molecule has 0 spiro atoms. The molecule has 1 rings (SSSR count). The molecule has 0 fully saturated rings. The predicted molar refractivity (Wildman–Crippen MR) is 39.2 cm³/mol. The van der Waals surface area contributed by atoms with Gasteiger partial charge in [0.2, 0.25) is 0 Å². The van der Waals surface area contributed by atoms with Gasteiger partial charge in [-0.3, -0.25) is 0 Å². The summed E-state index contributed by atoms with van der Waals surface area (Å²) >= 11 is 2.28. The van der Waals surface area contributed by atoms with Gasteiger partial charge >= 0.3 is 27.7 Å². The largest absolute Gasteiger partial charge is 2.00 e. The third kappa shape index (κ3) is 3.02. The van der Waals surface area contributed by atoms with Crippen LogP contribution in [0.25, 0.3) is 0 Å². The van der Waals surface area contributed by atoms with Crippen molar-refractivity contribution < 1.29 is 27.7 Å². The first kappa shape index (κ1) is 8.89. The third-order valence-electron chi connectivity index (χ3n) is 0.733. The summed E-state index contributed by atoms with van der Waals surface area (Å²) in [6.07, 6.45) is 0. The maximum Gasteiger partial charge on any atom is 2.00 e. The van der Waals surface area contributed by atoms with Gasteiger partial charge in [0.05, 0.1) is 0 Å². The van der Waals surface area contributed by atoms with Crippen LogP contribution in [0.15, 0.2) is 30.3 Å². The van der Waals surface area contributed by atoms with Crippen molar-refractivity contribution in [1.29, 1.82) is 0 Å². The van der Waals surface area contributed by atoms with Gasteiger partial charge in [0.1, 0.15) is 0 Å². The van der Waals surface area contributed by atoms with Crippen LogP contribution in [0.2, 0.25) is 0 Å². The normalized spacial score (nSPS) is 7.62. The van der Waals surface area contributed by atoms with Crippen molar-refractivity contribution in [3.8, 4) is 0 Å². The van der Waals surface area contributed by atoms with Gasteiger partial charge in [-0.05, 0) is 34.7 Å². The Balaban J connectivity index is 0.000000490. The van der Waals surface area contributed by atoms with Gasteiger partial charge in [0.15, 0.2) is 0 Å². The fourth-order valence-electron chi connectivity index (χ4n) is 0.415. The molecule has 36 valence electrons. The number of rotatable bonds is 0. The maximum absolute atomic E-state index is 2.28. The smallest absolute Gasteiger partial charge is 0.0622 e. The number of halogens is 1. The van der Waals surface area contributed by atoms with E-state index in [4.69, 9.17) is 0 Å². The number of hydrogen-bond acceptors (Lipinski definition) is 0. The van der Waals surface area contributed by atoms with Crippen LogP contribution in [-0.2, 0) is 27.7 Å². The van der Waals surface area contributed by atoms with Crippen molar-refractivity contribution in [2.45, 2.75) is 0 Å². The van der Waals surface area contributed by atoms with Crippen molar-refractivity contribution in [3.63, 3.8) is 0 Å². The van der Waals surface area contributed by atoms with E-state index < -0.39 is 0 Å². The first-order chi connectivity index (χ1) is 3.39. The van der Waals surface area contributed by atoms with E-state index in [1.165, 1.54) is 3.57 Å². The Morgan fingerprint density at radius 2 is 1.50 bits per heavy atom. The van der Waals surface area contributed by atoms with Crippen molar-refractivity contribution in [2.24, 2.45) is 0 Å². The molecular formula is C6H5HgI+2. The first-order valence-corrected chi connectivity index (χ1v) is 3.18. The average Bonchev–Trinajstić information content (AvgIpc) is 1.69. The Bertz CT molecular complexity index is 138. The summed E-state index contributed by atoms with van der Waals surface area (Å²) in [5, 5.41) is 0. The predicted octanol–water partition coefficient (Wildman–Crippen LogP) is 2.29. The SMILES string of the molecule is Ic1ccccc1.[Hg+2]. The Kier molecular flexibility index (Phi) is 5.26. The third-order valence-corrected chi connectivity index (χ3v) is 1.45. The summed E-state index contributed by atoms with van der Waals surface area (Å²) in [7, 11) is 0. The van der Waals surface area contributed by atoms with E-state index in [9.17, 15) is 0 Å². The van der Waals surface area contributed by atoms with Gasteiger partial charge in [-0.25, -0.2) is 0 Å². The Morgan fingerprint density at radius 1 is 1.00 bits per heavy atom. The molecule has 0 aliphatic carbocycles.